The summed E-state index contributed by atoms with van der Waals surface area (Å²) in [7, 11) is 0. The lowest BCUT2D eigenvalue weighted by molar-refractivity contribution is 0.0524. The number of halogens is 1. The van der Waals surface area contributed by atoms with Crippen LogP contribution < -0.4 is 5.43 Å². The minimum absolute atomic E-state index is 0.00830. The van der Waals surface area contributed by atoms with Crippen LogP contribution in [0.25, 0.3) is 11.0 Å². The normalized spacial score (nSPS) is 10.8. The first-order valence-corrected chi connectivity index (χ1v) is 8.29. The molecule has 6 heteroatoms. The number of ether oxygens (including phenoxy) is 1. The van der Waals surface area contributed by atoms with Crippen LogP contribution >= 0.6 is 11.6 Å². The fraction of sp³-hybridized carbons (Fsp3) is 0.211. The largest absolute Gasteiger partial charge is 0.462 e. The van der Waals surface area contributed by atoms with Gasteiger partial charge in [0.25, 0.3) is 0 Å². The number of hydrogen-bond donors (Lipinski definition) is 0. The summed E-state index contributed by atoms with van der Waals surface area (Å²) in [4.78, 5) is 29.3. The molecule has 2 heterocycles. The molecule has 1 aromatic carbocycles. The van der Waals surface area contributed by atoms with Crippen LogP contribution in [0.5, 0.6) is 0 Å². The van der Waals surface area contributed by atoms with Crippen LogP contribution in [0.4, 0.5) is 0 Å². The smallest absolute Gasteiger partial charge is 0.343 e. The molecule has 5 nitrogen and oxygen atoms in total. The van der Waals surface area contributed by atoms with Crippen LogP contribution in [0, 0.1) is 6.92 Å². The number of nitrogens with zero attached hydrogens (tertiary/aromatic N) is 2. The standard InChI is InChI=1S/C19H17ClN2O3/c1-3-25-19(24)16-11-22(10-13-5-7-14(20)8-6-13)18-15(17(16)23)9-4-12(2)21-18/h4-9,11H,3,10H2,1-2H3. The van der Waals surface area contributed by atoms with Crippen molar-refractivity contribution in [1.29, 1.82) is 0 Å². The van der Waals surface area contributed by atoms with Crippen LogP contribution in [0.1, 0.15) is 28.5 Å². The van der Waals surface area contributed by atoms with Gasteiger partial charge in [0.1, 0.15) is 11.2 Å². The van der Waals surface area contributed by atoms with Gasteiger partial charge >= 0.3 is 5.97 Å². The van der Waals surface area contributed by atoms with Crippen molar-refractivity contribution in [2.24, 2.45) is 0 Å². The van der Waals surface area contributed by atoms with Crippen molar-refractivity contribution < 1.29 is 9.53 Å². The van der Waals surface area contributed by atoms with Crippen LogP contribution in [0.15, 0.2) is 47.4 Å². The molecule has 0 amide bonds. The second-order valence-corrected chi connectivity index (χ2v) is 6.11. The fourth-order valence-electron chi connectivity index (χ4n) is 2.62. The topological polar surface area (TPSA) is 61.2 Å². The molecule has 25 heavy (non-hydrogen) atoms. The third-order valence-electron chi connectivity index (χ3n) is 3.82. The summed E-state index contributed by atoms with van der Waals surface area (Å²) >= 11 is 5.93. The van der Waals surface area contributed by atoms with Crippen molar-refractivity contribution in [1.82, 2.24) is 9.55 Å². The zero-order chi connectivity index (χ0) is 18.0. The minimum atomic E-state index is -0.625. The molecule has 0 radical (unpaired) electrons. The Morgan fingerprint density at radius 1 is 1.20 bits per heavy atom. The zero-order valence-electron chi connectivity index (χ0n) is 14.0. The van der Waals surface area contributed by atoms with Gasteiger partial charge in [-0.25, -0.2) is 9.78 Å². The van der Waals surface area contributed by atoms with Crippen molar-refractivity contribution >= 4 is 28.6 Å². The molecule has 128 valence electrons. The minimum Gasteiger partial charge on any atom is -0.462 e. The molecule has 3 aromatic rings. The molecule has 0 saturated heterocycles. The Kier molecular flexibility index (Phi) is 4.86. The first-order chi connectivity index (χ1) is 12.0. The number of pyridine rings is 2. The van der Waals surface area contributed by atoms with E-state index in [-0.39, 0.29) is 17.6 Å². The van der Waals surface area contributed by atoms with Gasteiger partial charge in [-0.15, -0.1) is 0 Å². The monoisotopic (exact) mass is 356 g/mol. The molecule has 0 bridgehead atoms. The van der Waals surface area contributed by atoms with Crippen molar-refractivity contribution in [3.05, 3.63) is 74.7 Å². The lowest BCUT2D eigenvalue weighted by Gasteiger charge is -2.13. The van der Waals surface area contributed by atoms with Crippen LogP contribution in [-0.2, 0) is 11.3 Å². The number of carbonyl (C=O) groups excluding carboxylic acids is 1. The van der Waals surface area contributed by atoms with E-state index in [4.69, 9.17) is 16.3 Å². The lowest BCUT2D eigenvalue weighted by atomic mass is 10.1. The molecule has 3 rings (SSSR count). The van der Waals surface area contributed by atoms with E-state index in [9.17, 15) is 9.59 Å². The van der Waals surface area contributed by atoms with E-state index in [1.54, 1.807) is 35.8 Å². The molecule has 0 unspecified atom stereocenters. The quantitative estimate of drug-likeness (QED) is 0.670. The Bertz CT molecular complexity index is 994. The number of benzene rings is 1. The molecular formula is C19H17ClN2O3. The summed E-state index contributed by atoms with van der Waals surface area (Å²) in [6.45, 7) is 4.22. The third-order valence-corrected chi connectivity index (χ3v) is 4.07. The molecule has 0 fully saturated rings. The molecule has 0 aliphatic heterocycles. The van der Waals surface area contributed by atoms with E-state index >= 15 is 0 Å². The van der Waals surface area contributed by atoms with Crippen molar-refractivity contribution in [3.8, 4) is 0 Å². The number of aryl methyl sites for hydroxylation is 1. The van der Waals surface area contributed by atoms with Gasteiger partial charge in [-0.3, -0.25) is 4.79 Å². The van der Waals surface area contributed by atoms with E-state index in [0.29, 0.717) is 22.6 Å². The van der Waals surface area contributed by atoms with E-state index in [1.807, 2.05) is 19.1 Å². The summed E-state index contributed by atoms with van der Waals surface area (Å²) in [6, 6.07) is 10.8. The Morgan fingerprint density at radius 2 is 1.92 bits per heavy atom. The van der Waals surface area contributed by atoms with Crippen molar-refractivity contribution in [3.63, 3.8) is 0 Å². The Hall–Kier alpha value is -2.66. The molecule has 0 N–H and O–H groups in total. The fourth-order valence-corrected chi connectivity index (χ4v) is 2.75. The average molecular weight is 357 g/mol. The number of carbonyl (C=O) groups is 1. The van der Waals surface area contributed by atoms with Crippen LogP contribution in [0.3, 0.4) is 0 Å². The lowest BCUT2D eigenvalue weighted by Crippen LogP contribution is -2.22. The number of hydrogen-bond acceptors (Lipinski definition) is 4. The van der Waals surface area contributed by atoms with E-state index < -0.39 is 5.97 Å². The number of fused-ring (bicyclic) bond motifs is 1. The van der Waals surface area contributed by atoms with Crippen LogP contribution in [0.2, 0.25) is 5.02 Å². The highest BCUT2D eigenvalue weighted by atomic mass is 35.5. The maximum absolute atomic E-state index is 12.6. The first kappa shape index (κ1) is 17.2. The van der Waals surface area contributed by atoms with Gasteiger partial charge in [-0.05, 0) is 43.7 Å². The predicted molar refractivity (Wildman–Crippen MR) is 97.3 cm³/mol. The average Bonchev–Trinajstić information content (AvgIpc) is 2.59. The van der Waals surface area contributed by atoms with Gasteiger partial charge < -0.3 is 9.30 Å². The highest BCUT2D eigenvalue weighted by Gasteiger charge is 2.17. The van der Waals surface area contributed by atoms with Gasteiger partial charge in [-0.1, -0.05) is 23.7 Å². The van der Waals surface area contributed by atoms with Gasteiger partial charge in [0.2, 0.25) is 5.43 Å². The second kappa shape index (κ2) is 7.07. The molecule has 0 saturated carbocycles. The maximum atomic E-state index is 12.6. The predicted octanol–water partition coefficient (Wildman–Crippen LogP) is 3.58. The maximum Gasteiger partial charge on any atom is 0.343 e. The molecule has 2 aromatic heterocycles. The summed E-state index contributed by atoms with van der Waals surface area (Å²) in [5.41, 5.74) is 1.95. The molecule has 0 atom stereocenters. The van der Waals surface area contributed by atoms with Gasteiger partial charge in [0.15, 0.2) is 0 Å². The van der Waals surface area contributed by atoms with Crippen molar-refractivity contribution in [2.45, 2.75) is 20.4 Å². The van der Waals surface area contributed by atoms with E-state index in [2.05, 4.69) is 4.98 Å². The highest BCUT2D eigenvalue weighted by Crippen LogP contribution is 2.15. The molecule has 0 spiro atoms. The summed E-state index contributed by atoms with van der Waals surface area (Å²) < 4.78 is 6.80. The van der Waals surface area contributed by atoms with Gasteiger partial charge in [0.05, 0.1) is 12.0 Å². The Labute approximate surface area is 149 Å². The van der Waals surface area contributed by atoms with E-state index in [0.717, 1.165) is 11.3 Å². The summed E-state index contributed by atoms with van der Waals surface area (Å²) in [5, 5.41) is 1.04. The van der Waals surface area contributed by atoms with Crippen LogP contribution in [-0.4, -0.2) is 22.1 Å². The number of rotatable bonds is 4. The summed E-state index contributed by atoms with van der Waals surface area (Å²) in [6.07, 6.45) is 1.52. The molecule has 0 aliphatic carbocycles. The molecular weight excluding hydrogens is 340 g/mol. The second-order valence-electron chi connectivity index (χ2n) is 5.67. The van der Waals surface area contributed by atoms with Gasteiger partial charge in [0, 0.05) is 23.5 Å². The zero-order valence-corrected chi connectivity index (χ0v) is 14.7. The summed E-state index contributed by atoms with van der Waals surface area (Å²) in [5.74, 6) is -0.625. The first-order valence-electron chi connectivity index (χ1n) is 7.92. The Morgan fingerprint density at radius 3 is 2.60 bits per heavy atom. The van der Waals surface area contributed by atoms with E-state index in [1.165, 1.54) is 6.20 Å². The number of esters is 1. The third kappa shape index (κ3) is 3.56. The van der Waals surface area contributed by atoms with Gasteiger partial charge in [-0.2, -0.15) is 0 Å². The Balaban J connectivity index is 2.19. The SMILES string of the molecule is CCOC(=O)c1cn(Cc2ccc(Cl)cc2)c2nc(C)ccc2c1=O. The molecule has 0 aliphatic rings. The number of aromatic nitrogens is 2. The van der Waals surface area contributed by atoms with Crippen molar-refractivity contribution in [2.75, 3.05) is 6.61 Å². The highest BCUT2D eigenvalue weighted by molar-refractivity contribution is 6.30.